The molecular weight excluding hydrogens is 349 g/mol. The minimum Gasteiger partial charge on any atom is -0.455 e. The quantitative estimate of drug-likeness (QED) is 0.776. The highest BCUT2D eigenvalue weighted by atomic mass is 79.9. The van der Waals surface area contributed by atoms with Gasteiger partial charge in [-0.2, -0.15) is 0 Å². The minimum absolute atomic E-state index is 0.0613. The third-order valence-corrected chi connectivity index (χ3v) is 3.75. The molecule has 2 aromatic rings. The Balaban J connectivity index is 2.28. The first-order chi connectivity index (χ1) is 8.97. The molecular formula is C14H12BrCl2NO. The second-order valence-electron chi connectivity index (χ2n) is 4.16. The van der Waals surface area contributed by atoms with E-state index >= 15 is 0 Å². The Morgan fingerprint density at radius 1 is 1.11 bits per heavy atom. The van der Waals surface area contributed by atoms with Crippen molar-refractivity contribution < 1.29 is 4.74 Å². The molecule has 0 fully saturated rings. The number of hydrogen-bond donors (Lipinski definition) is 1. The van der Waals surface area contributed by atoms with Crippen molar-refractivity contribution in [1.82, 2.24) is 0 Å². The number of rotatable bonds is 3. The van der Waals surface area contributed by atoms with Crippen molar-refractivity contribution in [3.05, 3.63) is 56.5 Å². The van der Waals surface area contributed by atoms with Gasteiger partial charge < -0.3 is 10.5 Å². The average molecular weight is 361 g/mol. The Labute approximate surface area is 130 Å². The summed E-state index contributed by atoms with van der Waals surface area (Å²) in [6.45, 7) is 1.90. The van der Waals surface area contributed by atoms with Gasteiger partial charge in [0.05, 0.1) is 9.50 Å². The Kier molecular flexibility index (Phi) is 4.74. The van der Waals surface area contributed by atoms with Gasteiger partial charge >= 0.3 is 0 Å². The summed E-state index contributed by atoms with van der Waals surface area (Å²) in [5, 5.41) is 1.16. The number of nitrogens with two attached hydrogens (primary N) is 1. The standard InChI is InChI=1S/C14H12BrCl2NO/c1-8(18)9-2-4-14(12(17)6-9)19-13-5-3-10(16)7-11(13)15/h2-8H,18H2,1H3/t8-/m0/s1. The molecule has 1 atom stereocenters. The molecule has 0 aliphatic heterocycles. The topological polar surface area (TPSA) is 35.2 Å². The van der Waals surface area contributed by atoms with E-state index in [0.717, 1.165) is 10.0 Å². The van der Waals surface area contributed by atoms with Gasteiger partial charge in [0, 0.05) is 11.1 Å². The van der Waals surface area contributed by atoms with Gasteiger partial charge in [0.15, 0.2) is 0 Å². The summed E-state index contributed by atoms with van der Waals surface area (Å²) in [6.07, 6.45) is 0. The number of benzene rings is 2. The first kappa shape index (κ1) is 14.7. The van der Waals surface area contributed by atoms with E-state index in [1.54, 1.807) is 18.2 Å². The third kappa shape index (κ3) is 3.63. The molecule has 0 aliphatic rings. The molecule has 0 bridgehead atoms. The predicted molar refractivity (Wildman–Crippen MR) is 83.3 cm³/mol. The van der Waals surface area contributed by atoms with Gasteiger partial charge in [-0.25, -0.2) is 0 Å². The van der Waals surface area contributed by atoms with Gasteiger partial charge in [0.1, 0.15) is 11.5 Å². The van der Waals surface area contributed by atoms with Crippen molar-refractivity contribution in [3.63, 3.8) is 0 Å². The molecule has 0 unspecified atom stereocenters. The monoisotopic (exact) mass is 359 g/mol. The molecule has 2 nitrogen and oxygen atoms in total. The fraction of sp³-hybridized carbons (Fsp3) is 0.143. The first-order valence-electron chi connectivity index (χ1n) is 5.65. The van der Waals surface area contributed by atoms with Crippen molar-refractivity contribution in [1.29, 1.82) is 0 Å². The molecule has 100 valence electrons. The zero-order chi connectivity index (χ0) is 14.0. The summed E-state index contributed by atoms with van der Waals surface area (Å²) >= 11 is 15.5. The van der Waals surface area contributed by atoms with Crippen molar-refractivity contribution >= 4 is 39.1 Å². The second kappa shape index (κ2) is 6.14. The lowest BCUT2D eigenvalue weighted by Gasteiger charge is -2.12. The van der Waals surface area contributed by atoms with Crippen LogP contribution in [0.15, 0.2) is 40.9 Å². The molecule has 0 spiro atoms. The highest BCUT2D eigenvalue weighted by molar-refractivity contribution is 9.10. The fourth-order valence-electron chi connectivity index (χ4n) is 1.56. The molecule has 2 aromatic carbocycles. The summed E-state index contributed by atoms with van der Waals surface area (Å²) in [7, 11) is 0. The maximum atomic E-state index is 6.19. The Hall–Kier alpha value is -0.740. The molecule has 19 heavy (non-hydrogen) atoms. The molecule has 0 aliphatic carbocycles. The van der Waals surface area contributed by atoms with Gasteiger partial charge in [0.25, 0.3) is 0 Å². The molecule has 2 N–H and O–H groups in total. The van der Waals surface area contributed by atoms with Gasteiger partial charge in [-0.1, -0.05) is 29.3 Å². The maximum absolute atomic E-state index is 6.19. The van der Waals surface area contributed by atoms with E-state index in [0.29, 0.717) is 21.5 Å². The Morgan fingerprint density at radius 3 is 2.37 bits per heavy atom. The van der Waals surface area contributed by atoms with Crippen LogP contribution in [0.1, 0.15) is 18.5 Å². The van der Waals surface area contributed by atoms with Crippen LogP contribution in [-0.2, 0) is 0 Å². The summed E-state index contributed by atoms with van der Waals surface area (Å²) in [6, 6.07) is 10.8. The van der Waals surface area contributed by atoms with Crippen LogP contribution in [0.25, 0.3) is 0 Å². The van der Waals surface area contributed by atoms with Crippen LogP contribution in [0.4, 0.5) is 0 Å². The van der Waals surface area contributed by atoms with Crippen LogP contribution in [0, 0.1) is 0 Å². The summed E-state index contributed by atoms with van der Waals surface area (Å²) in [5.74, 6) is 1.23. The van der Waals surface area contributed by atoms with E-state index in [-0.39, 0.29) is 6.04 Å². The lowest BCUT2D eigenvalue weighted by molar-refractivity contribution is 0.479. The molecule has 2 rings (SSSR count). The predicted octanol–water partition coefficient (Wildman–Crippen LogP) is 5.57. The first-order valence-corrected chi connectivity index (χ1v) is 7.20. The van der Waals surface area contributed by atoms with Crippen molar-refractivity contribution in [2.24, 2.45) is 5.73 Å². The average Bonchev–Trinajstić information content (AvgIpc) is 2.34. The maximum Gasteiger partial charge on any atom is 0.146 e. The van der Waals surface area contributed by atoms with Crippen LogP contribution >= 0.6 is 39.1 Å². The fourth-order valence-corrected chi connectivity index (χ4v) is 2.55. The highest BCUT2D eigenvalue weighted by Crippen LogP contribution is 2.35. The molecule has 0 saturated carbocycles. The molecule has 0 heterocycles. The minimum atomic E-state index is -0.0613. The second-order valence-corrected chi connectivity index (χ2v) is 5.85. The van der Waals surface area contributed by atoms with Gasteiger partial charge in [0.2, 0.25) is 0 Å². The van der Waals surface area contributed by atoms with E-state index in [9.17, 15) is 0 Å². The van der Waals surface area contributed by atoms with E-state index in [2.05, 4.69) is 15.9 Å². The van der Waals surface area contributed by atoms with Crippen molar-refractivity contribution in [2.45, 2.75) is 13.0 Å². The van der Waals surface area contributed by atoms with E-state index in [4.69, 9.17) is 33.7 Å². The number of hydrogen-bond acceptors (Lipinski definition) is 2. The highest BCUT2D eigenvalue weighted by Gasteiger charge is 2.09. The lowest BCUT2D eigenvalue weighted by Crippen LogP contribution is -2.04. The van der Waals surface area contributed by atoms with Crippen molar-refractivity contribution in [2.75, 3.05) is 0 Å². The Bertz CT molecular complexity index is 602. The normalized spacial score (nSPS) is 12.3. The van der Waals surface area contributed by atoms with Crippen LogP contribution < -0.4 is 10.5 Å². The number of ether oxygens (including phenoxy) is 1. The van der Waals surface area contributed by atoms with Crippen LogP contribution in [0.2, 0.25) is 10.0 Å². The molecule has 0 saturated heterocycles. The SMILES string of the molecule is C[C@H](N)c1ccc(Oc2ccc(Cl)cc2Br)c(Cl)c1. The van der Waals surface area contributed by atoms with E-state index in [1.807, 2.05) is 25.1 Å². The van der Waals surface area contributed by atoms with Crippen LogP contribution in [0.5, 0.6) is 11.5 Å². The third-order valence-electron chi connectivity index (χ3n) is 2.60. The Morgan fingerprint density at radius 2 is 1.79 bits per heavy atom. The smallest absolute Gasteiger partial charge is 0.146 e. The zero-order valence-corrected chi connectivity index (χ0v) is 13.3. The van der Waals surface area contributed by atoms with Gasteiger partial charge in [-0.3, -0.25) is 0 Å². The molecule has 0 radical (unpaired) electrons. The molecule has 0 amide bonds. The molecule has 0 aromatic heterocycles. The summed E-state index contributed by atoms with van der Waals surface area (Å²) in [5.41, 5.74) is 6.77. The summed E-state index contributed by atoms with van der Waals surface area (Å²) in [4.78, 5) is 0. The van der Waals surface area contributed by atoms with Gasteiger partial charge in [-0.15, -0.1) is 0 Å². The molecule has 5 heteroatoms. The number of halogens is 3. The van der Waals surface area contributed by atoms with Crippen molar-refractivity contribution in [3.8, 4) is 11.5 Å². The van der Waals surface area contributed by atoms with Crippen LogP contribution in [0.3, 0.4) is 0 Å². The van der Waals surface area contributed by atoms with E-state index < -0.39 is 0 Å². The summed E-state index contributed by atoms with van der Waals surface area (Å²) < 4.78 is 6.52. The van der Waals surface area contributed by atoms with Gasteiger partial charge in [-0.05, 0) is 58.7 Å². The van der Waals surface area contributed by atoms with E-state index in [1.165, 1.54) is 0 Å². The zero-order valence-electron chi connectivity index (χ0n) is 10.2. The largest absolute Gasteiger partial charge is 0.455 e. The van der Waals surface area contributed by atoms with Crippen LogP contribution in [-0.4, -0.2) is 0 Å². The lowest BCUT2D eigenvalue weighted by atomic mass is 10.1.